The van der Waals surface area contributed by atoms with Crippen LogP contribution in [0, 0.1) is 0 Å². The molecule has 0 radical (unpaired) electrons. The van der Waals surface area contributed by atoms with E-state index in [1.165, 1.54) is 0 Å². The van der Waals surface area contributed by atoms with Crippen LogP contribution in [0.1, 0.15) is 55.5 Å². The monoisotopic (exact) mass is 1230 g/mol. The van der Waals surface area contributed by atoms with Gasteiger partial charge in [0.05, 0.1) is 49.9 Å². The van der Waals surface area contributed by atoms with Crippen molar-refractivity contribution in [2.24, 2.45) is 0 Å². The van der Waals surface area contributed by atoms with E-state index in [1.807, 2.05) is 12.1 Å². The lowest BCUT2D eigenvalue weighted by Gasteiger charge is -2.46. The standard InChI is InChI=1S/C92H60BN3/c1-7-31-61(32-8-1)68-43-21-27-51-82(68)95-86-57-74-70-45-19-25-49-76(70)91(63-35-11-3-12-36-63,64-37-13-4-14-38-64)78(74)59-80(86)93-81-60-79-75(71-46-20-26-50-77(71)92(79,65-39-15-5-16-40-65)66-41-17-6-18-42-66)58-87(81)96(83-52-28-22-44-69(83)62-33-9-2-10-34-62)89-56-67(55-88(95)90(89)93)94-84-53-29-23-47-72(84)73-48-24-30-54-85(73)94/h1-60H/i23D,24D,29D,30D,47D,48D,53D,54D. The van der Waals surface area contributed by atoms with Crippen LogP contribution in [0.4, 0.5) is 34.1 Å². The molecule has 2 aliphatic carbocycles. The first-order chi connectivity index (χ1) is 51.0. The molecule has 15 aromatic carbocycles. The van der Waals surface area contributed by atoms with Crippen LogP contribution < -0.4 is 26.2 Å². The first kappa shape index (κ1) is 46.8. The molecule has 0 spiro atoms. The Labute approximate surface area is 570 Å². The maximum atomic E-state index is 10.0. The highest BCUT2D eigenvalue weighted by Crippen LogP contribution is 2.61. The molecular weight excluding hydrogens is 1160 g/mol. The van der Waals surface area contributed by atoms with Gasteiger partial charge in [-0.1, -0.05) is 315 Å². The Morgan fingerprint density at radius 2 is 0.604 bits per heavy atom. The first-order valence-electron chi connectivity index (χ1n) is 36.9. The fourth-order valence-corrected chi connectivity index (χ4v) is 17.2. The summed E-state index contributed by atoms with van der Waals surface area (Å²) in [4.78, 5) is 4.83. The smallest absolute Gasteiger partial charge is 0.252 e. The minimum absolute atomic E-state index is 0.000390. The number of para-hydroxylation sites is 4. The van der Waals surface area contributed by atoms with Gasteiger partial charge in [0, 0.05) is 44.6 Å². The van der Waals surface area contributed by atoms with Crippen LogP contribution in [0.15, 0.2) is 364 Å². The van der Waals surface area contributed by atoms with Gasteiger partial charge in [-0.05, 0) is 143 Å². The van der Waals surface area contributed by atoms with Crippen molar-refractivity contribution in [3.05, 3.63) is 408 Å². The molecule has 0 N–H and O–H groups in total. The van der Waals surface area contributed by atoms with Crippen molar-refractivity contribution in [1.29, 1.82) is 0 Å². The summed E-state index contributed by atoms with van der Waals surface area (Å²) in [5.74, 6) is 0. The molecule has 0 unspecified atom stereocenters. The Balaban J connectivity index is 1.02. The first-order valence-corrected chi connectivity index (χ1v) is 32.9. The summed E-state index contributed by atoms with van der Waals surface area (Å²) in [5, 5.41) is -0.000780. The quantitative estimate of drug-likeness (QED) is 0.133. The number of fused-ring (bicyclic) bond motifs is 13. The van der Waals surface area contributed by atoms with E-state index in [2.05, 4.69) is 313 Å². The Hall–Kier alpha value is -12.2. The van der Waals surface area contributed by atoms with Crippen molar-refractivity contribution in [3.8, 4) is 50.2 Å². The molecule has 446 valence electrons. The van der Waals surface area contributed by atoms with Crippen molar-refractivity contribution < 1.29 is 11.0 Å². The molecule has 0 saturated heterocycles. The highest BCUT2D eigenvalue weighted by Gasteiger charge is 2.53. The van der Waals surface area contributed by atoms with Gasteiger partial charge in [-0.15, -0.1) is 0 Å². The predicted octanol–water partition coefficient (Wildman–Crippen LogP) is 20.9. The average Bonchev–Trinajstić information content (AvgIpc) is 1.29. The molecule has 4 heteroatoms. The zero-order valence-electron chi connectivity index (χ0n) is 59.9. The zero-order valence-corrected chi connectivity index (χ0v) is 51.9. The molecule has 0 atom stereocenters. The Morgan fingerprint density at radius 3 is 1.00 bits per heavy atom. The number of nitrogens with zero attached hydrogens (tertiary/aromatic N) is 3. The van der Waals surface area contributed by atoms with Gasteiger partial charge in [0.25, 0.3) is 6.71 Å². The molecule has 3 heterocycles. The van der Waals surface area contributed by atoms with Gasteiger partial charge in [0.1, 0.15) is 0 Å². The third-order valence-corrected chi connectivity index (χ3v) is 21.0. The molecule has 0 bridgehead atoms. The van der Waals surface area contributed by atoms with Crippen LogP contribution >= 0.6 is 0 Å². The van der Waals surface area contributed by atoms with Crippen molar-refractivity contribution in [1.82, 2.24) is 4.57 Å². The number of rotatable bonds is 9. The van der Waals surface area contributed by atoms with Crippen LogP contribution in [0.5, 0.6) is 0 Å². The second kappa shape index (κ2) is 21.1. The van der Waals surface area contributed by atoms with Gasteiger partial charge >= 0.3 is 0 Å². The number of aromatic nitrogens is 1. The van der Waals surface area contributed by atoms with Gasteiger partial charge in [0.15, 0.2) is 0 Å². The van der Waals surface area contributed by atoms with Crippen molar-refractivity contribution >= 4 is 79.0 Å². The lowest BCUT2D eigenvalue weighted by atomic mass is 9.33. The van der Waals surface area contributed by atoms with Gasteiger partial charge in [-0.3, -0.25) is 0 Å². The number of hydrogen-bond acceptors (Lipinski definition) is 2. The van der Waals surface area contributed by atoms with E-state index in [0.29, 0.717) is 5.69 Å². The third kappa shape index (κ3) is 7.55. The molecule has 16 aromatic rings. The van der Waals surface area contributed by atoms with Crippen LogP contribution in [-0.4, -0.2) is 11.3 Å². The second-order valence-corrected chi connectivity index (χ2v) is 25.5. The normalized spacial score (nSPS) is 15.1. The third-order valence-electron chi connectivity index (χ3n) is 21.0. The topological polar surface area (TPSA) is 11.4 Å². The van der Waals surface area contributed by atoms with E-state index in [9.17, 15) is 11.0 Å². The van der Waals surface area contributed by atoms with E-state index in [4.69, 9.17) is 0 Å². The minimum Gasteiger partial charge on any atom is -0.311 e. The van der Waals surface area contributed by atoms with E-state index < -0.39 is 53.8 Å². The van der Waals surface area contributed by atoms with Crippen LogP contribution in [0.3, 0.4) is 0 Å². The average molecular weight is 1230 g/mol. The lowest BCUT2D eigenvalue weighted by molar-refractivity contribution is 0.769. The molecule has 1 aromatic heterocycles. The number of anilines is 6. The number of hydrogen-bond donors (Lipinski definition) is 0. The highest BCUT2D eigenvalue weighted by molar-refractivity contribution is 7.00. The summed E-state index contributed by atoms with van der Waals surface area (Å²) in [6.07, 6.45) is 0. The lowest BCUT2D eigenvalue weighted by Crippen LogP contribution is -2.62. The van der Waals surface area contributed by atoms with Gasteiger partial charge < -0.3 is 14.4 Å². The largest absolute Gasteiger partial charge is 0.311 e. The Kier molecular flexibility index (Phi) is 10.3. The fraction of sp³-hybridized carbons (Fsp3) is 0.0217. The van der Waals surface area contributed by atoms with Crippen molar-refractivity contribution in [3.63, 3.8) is 0 Å². The zero-order chi connectivity index (χ0) is 70.0. The van der Waals surface area contributed by atoms with E-state index >= 15 is 0 Å². The van der Waals surface area contributed by atoms with Crippen molar-refractivity contribution in [2.45, 2.75) is 10.8 Å². The van der Waals surface area contributed by atoms with E-state index in [0.717, 1.165) is 140 Å². The van der Waals surface area contributed by atoms with Crippen LogP contribution in [0.25, 0.3) is 72.0 Å². The molecule has 96 heavy (non-hydrogen) atoms. The maximum absolute atomic E-state index is 10.0. The van der Waals surface area contributed by atoms with Crippen LogP contribution in [0.2, 0.25) is 0 Å². The molecular formula is C92H60BN3. The summed E-state index contributed by atoms with van der Waals surface area (Å²) in [6, 6.07) is 110. The fourth-order valence-electron chi connectivity index (χ4n) is 17.2. The van der Waals surface area contributed by atoms with Crippen molar-refractivity contribution in [2.75, 3.05) is 9.80 Å². The molecule has 0 amide bonds. The van der Waals surface area contributed by atoms with Gasteiger partial charge in [-0.25, -0.2) is 0 Å². The van der Waals surface area contributed by atoms with Crippen LogP contribution in [-0.2, 0) is 10.8 Å². The molecule has 0 saturated carbocycles. The maximum Gasteiger partial charge on any atom is 0.252 e. The second-order valence-electron chi connectivity index (χ2n) is 25.5. The molecule has 0 fully saturated rings. The highest BCUT2D eigenvalue weighted by atomic mass is 15.2. The van der Waals surface area contributed by atoms with E-state index in [1.54, 1.807) is 4.57 Å². The molecule has 4 aliphatic rings. The molecule has 20 rings (SSSR count). The Morgan fingerprint density at radius 1 is 0.271 bits per heavy atom. The van der Waals surface area contributed by atoms with Gasteiger partial charge in [0.2, 0.25) is 0 Å². The molecule has 3 nitrogen and oxygen atoms in total. The summed E-state index contributed by atoms with van der Waals surface area (Å²) in [5.41, 5.74) is 24.3. The minimum atomic E-state index is -0.812. The predicted molar refractivity (Wildman–Crippen MR) is 400 cm³/mol. The summed E-state index contributed by atoms with van der Waals surface area (Å²) < 4.78 is 78.5. The summed E-state index contributed by atoms with van der Waals surface area (Å²) in [6.45, 7) is -0.566. The van der Waals surface area contributed by atoms with E-state index in [-0.39, 0.29) is 33.9 Å². The van der Waals surface area contributed by atoms with Gasteiger partial charge in [-0.2, -0.15) is 0 Å². The molecule has 2 aliphatic heterocycles. The SMILES string of the molecule is [2H]c1c([2H])c([2H])c2c(c1[2H])c1c([2H])c([2H])c([2H])c([2H])c1n2-c1cc2c3c(c1)N(c1ccccc1-c1ccccc1)c1cc4c(cc1B3c1cc3c(cc1N2c1ccccc1-c1ccccc1)-c1ccccc1C3(c1ccccc1)c1ccccc1)C(c1ccccc1)(c1ccccc1)c1ccccc1-4. The summed E-state index contributed by atoms with van der Waals surface area (Å²) in [7, 11) is 0. The number of benzene rings is 15. The Bertz CT molecular complexity index is 5840. The summed E-state index contributed by atoms with van der Waals surface area (Å²) >= 11 is 0.